The molecule has 0 aromatic carbocycles. The molecule has 0 bridgehead atoms. The van der Waals surface area contributed by atoms with Gasteiger partial charge in [0.1, 0.15) is 6.33 Å². The van der Waals surface area contributed by atoms with Crippen molar-refractivity contribution in [2.45, 2.75) is 31.7 Å². The third kappa shape index (κ3) is 1.56. The highest BCUT2D eigenvalue weighted by Crippen LogP contribution is 2.31. The SMILES string of the molecule is NC(=O)c1nn(C2CCCC2)c2ncncc12. The Kier molecular flexibility index (Phi) is 2.28. The number of primary amides is 1. The largest absolute Gasteiger partial charge is 0.364 e. The van der Waals surface area contributed by atoms with Crippen LogP contribution >= 0.6 is 0 Å². The van der Waals surface area contributed by atoms with E-state index in [4.69, 9.17) is 5.73 Å². The zero-order valence-corrected chi connectivity index (χ0v) is 9.33. The van der Waals surface area contributed by atoms with E-state index in [2.05, 4.69) is 15.1 Å². The molecule has 0 unspecified atom stereocenters. The van der Waals surface area contributed by atoms with Crippen molar-refractivity contribution < 1.29 is 4.79 Å². The molecule has 3 rings (SSSR count). The van der Waals surface area contributed by atoms with E-state index in [-0.39, 0.29) is 5.69 Å². The molecule has 1 aliphatic rings. The van der Waals surface area contributed by atoms with Crippen LogP contribution in [0, 0.1) is 0 Å². The molecule has 1 fully saturated rings. The first-order chi connectivity index (χ1) is 8.27. The molecule has 88 valence electrons. The predicted octanol–water partition coefficient (Wildman–Crippen LogP) is 1.04. The summed E-state index contributed by atoms with van der Waals surface area (Å²) in [7, 11) is 0. The Morgan fingerprint density at radius 1 is 1.41 bits per heavy atom. The Bertz CT molecular complexity index is 570. The van der Waals surface area contributed by atoms with Gasteiger partial charge >= 0.3 is 0 Å². The molecule has 2 aromatic heterocycles. The summed E-state index contributed by atoms with van der Waals surface area (Å²) in [6, 6.07) is 0.334. The lowest BCUT2D eigenvalue weighted by atomic mass is 10.2. The number of rotatable bonds is 2. The van der Waals surface area contributed by atoms with E-state index < -0.39 is 5.91 Å². The summed E-state index contributed by atoms with van der Waals surface area (Å²) in [5.41, 5.74) is 6.30. The van der Waals surface area contributed by atoms with E-state index in [0.29, 0.717) is 17.1 Å². The minimum absolute atomic E-state index is 0.271. The Labute approximate surface area is 97.8 Å². The fourth-order valence-corrected chi connectivity index (χ4v) is 2.47. The van der Waals surface area contributed by atoms with Crippen molar-refractivity contribution in [1.29, 1.82) is 0 Å². The maximum absolute atomic E-state index is 11.3. The van der Waals surface area contributed by atoms with Gasteiger partial charge in [0, 0.05) is 6.20 Å². The van der Waals surface area contributed by atoms with E-state index in [9.17, 15) is 4.79 Å². The number of fused-ring (bicyclic) bond motifs is 1. The first-order valence-corrected chi connectivity index (χ1v) is 5.75. The van der Waals surface area contributed by atoms with E-state index in [1.807, 2.05) is 4.68 Å². The molecule has 0 radical (unpaired) electrons. The second-order valence-electron chi connectivity index (χ2n) is 4.36. The van der Waals surface area contributed by atoms with Crippen LogP contribution in [0.25, 0.3) is 11.0 Å². The lowest BCUT2D eigenvalue weighted by Gasteiger charge is -2.09. The first kappa shape index (κ1) is 10.2. The predicted molar refractivity (Wildman–Crippen MR) is 61.3 cm³/mol. The maximum Gasteiger partial charge on any atom is 0.269 e. The van der Waals surface area contributed by atoms with Crippen LogP contribution in [0.3, 0.4) is 0 Å². The summed E-state index contributed by atoms with van der Waals surface area (Å²) in [6.07, 6.45) is 7.63. The van der Waals surface area contributed by atoms with Crippen LogP contribution in [0.2, 0.25) is 0 Å². The molecule has 0 aliphatic heterocycles. The number of nitrogens with two attached hydrogens (primary N) is 1. The molecule has 1 amide bonds. The highest BCUT2D eigenvalue weighted by molar-refractivity contribution is 6.02. The monoisotopic (exact) mass is 231 g/mol. The first-order valence-electron chi connectivity index (χ1n) is 5.75. The van der Waals surface area contributed by atoms with Gasteiger partial charge in [-0.1, -0.05) is 12.8 Å². The molecule has 6 nitrogen and oxygen atoms in total. The topological polar surface area (TPSA) is 86.7 Å². The van der Waals surface area contributed by atoms with E-state index in [1.54, 1.807) is 6.20 Å². The molecule has 2 N–H and O–H groups in total. The lowest BCUT2D eigenvalue weighted by molar-refractivity contribution is 0.0996. The van der Waals surface area contributed by atoms with Crippen molar-refractivity contribution in [2.75, 3.05) is 0 Å². The van der Waals surface area contributed by atoms with Crippen LogP contribution in [0.15, 0.2) is 12.5 Å². The Balaban J connectivity index is 2.20. The van der Waals surface area contributed by atoms with Crippen LogP contribution in [-0.2, 0) is 0 Å². The maximum atomic E-state index is 11.3. The second kappa shape index (κ2) is 3.80. The van der Waals surface area contributed by atoms with Crippen LogP contribution < -0.4 is 5.73 Å². The van der Waals surface area contributed by atoms with Gasteiger partial charge in [-0.2, -0.15) is 5.10 Å². The molecule has 2 heterocycles. The fourth-order valence-electron chi connectivity index (χ4n) is 2.47. The van der Waals surface area contributed by atoms with Gasteiger partial charge < -0.3 is 5.73 Å². The summed E-state index contributed by atoms with van der Waals surface area (Å²) in [6.45, 7) is 0. The molecule has 0 atom stereocenters. The lowest BCUT2D eigenvalue weighted by Crippen LogP contribution is -2.14. The fraction of sp³-hybridized carbons (Fsp3) is 0.455. The zero-order valence-electron chi connectivity index (χ0n) is 9.33. The van der Waals surface area contributed by atoms with E-state index in [0.717, 1.165) is 12.8 Å². The Morgan fingerprint density at radius 2 is 2.18 bits per heavy atom. The molecule has 1 aliphatic carbocycles. The molecule has 2 aromatic rings. The molecule has 0 spiro atoms. The molecule has 1 saturated carbocycles. The van der Waals surface area contributed by atoms with Gasteiger partial charge in [0.15, 0.2) is 11.3 Å². The smallest absolute Gasteiger partial charge is 0.269 e. The van der Waals surface area contributed by atoms with Gasteiger partial charge in [-0.25, -0.2) is 14.6 Å². The average molecular weight is 231 g/mol. The summed E-state index contributed by atoms with van der Waals surface area (Å²) >= 11 is 0. The normalized spacial score (nSPS) is 16.7. The van der Waals surface area contributed by atoms with E-state index >= 15 is 0 Å². The van der Waals surface area contributed by atoms with Gasteiger partial charge in [-0.15, -0.1) is 0 Å². The van der Waals surface area contributed by atoms with Crippen molar-refractivity contribution in [3.8, 4) is 0 Å². The molecule has 17 heavy (non-hydrogen) atoms. The van der Waals surface area contributed by atoms with Gasteiger partial charge in [-0.05, 0) is 12.8 Å². The minimum atomic E-state index is -0.526. The Morgan fingerprint density at radius 3 is 2.88 bits per heavy atom. The van der Waals surface area contributed by atoms with Crippen molar-refractivity contribution in [3.63, 3.8) is 0 Å². The summed E-state index contributed by atoms with van der Waals surface area (Å²) in [5, 5.41) is 4.96. The number of hydrogen-bond acceptors (Lipinski definition) is 4. The molecule has 6 heteroatoms. The molecular weight excluding hydrogens is 218 g/mol. The van der Waals surface area contributed by atoms with Crippen molar-refractivity contribution in [3.05, 3.63) is 18.2 Å². The molecule has 0 saturated heterocycles. The number of nitrogens with zero attached hydrogens (tertiary/aromatic N) is 4. The van der Waals surface area contributed by atoms with Crippen LogP contribution in [0.5, 0.6) is 0 Å². The third-order valence-electron chi connectivity index (χ3n) is 3.28. The Hall–Kier alpha value is -1.98. The number of carbonyl (C=O) groups is 1. The standard InChI is InChI=1S/C11H13N5O/c12-10(17)9-8-5-13-6-14-11(8)16(15-9)7-3-1-2-4-7/h5-7H,1-4H2,(H2,12,17). The average Bonchev–Trinajstić information content (AvgIpc) is 2.95. The van der Waals surface area contributed by atoms with Gasteiger partial charge in [0.05, 0.1) is 11.4 Å². The van der Waals surface area contributed by atoms with Crippen molar-refractivity contribution in [2.24, 2.45) is 5.73 Å². The van der Waals surface area contributed by atoms with Crippen LogP contribution in [-0.4, -0.2) is 25.7 Å². The second-order valence-corrected chi connectivity index (χ2v) is 4.36. The highest BCUT2D eigenvalue weighted by atomic mass is 16.1. The number of carbonyl (C=O) groups excluding carboxylic acids is 1. The summed E-state index contributed by atoms with van der Waals surface area (Å²) < 4.78 is 1.84. The summed E-state index contributed by atoms with van der Waals surface area (Å²) in [4.78, 5) is 19.5. The number of hydrogen-bond donors (Lipinski definition) is 1. The van der Waals surface area contributed by atoms with Gasteiger partial charge in [0.25, 0.3) is 5.91 Å². The van der Waals surface area contributed by atoms with Gasteiger partial charge in [0.2, 0.25) is 0 Å². The highest BCUT2D eigenvalue weighted by Gasteiger charge is 2.23. The van der Waals surface area contributed by atoms with Crippen LogP contribution in [0.1, 0.15) is 42.2 Å². The zero-order chi connectivity index (χ0) is 11.8. The quantitative estimate of drug-likeness (QED) is 0.836. The van der Waals surface area contributed by atoms with Crippen molar-refractivity contribution >= 4 is 16.9 Å². The third-order valence-corrected chi connectivity index (χ3v) is 3.28. The van der Waals surface area contributed by atoms with Gasteiger partial charge in [-0.3, -0.25) is 4.79 Å². The number of aromatic nitrogens is 4. The molecular formula is C11H13N5O. The number of amides is 1. The minimum Gasteiger partial charge on any atom is -0.364 e. The van der Waals surface area contributed by atoms with E-state index in [1.165, 1.54) is 19.2 Å². The summed E-state index contributed by atoms with van der Waals surface area (Å²) in [5.74, 6) is -0.526. The van der Waals surface area contributed by atoms with Crippen LogP contribution in [0.4, 0.5) is 0 Å². The van der Waals surface area contributed by atoms with Crippen molar-refractivity contribution in [1.82, 2.24) is 19.7 Å².